The Labute approximate surface area is 91.9 Å². The van der Waals surface area contributed by atoms with E-state index in [0.717, 1.165) is 5.57 Å². The van der Waals surface area contributed by atoms with Crippen LogP contribution in [0.25, 0.3) is 0 Å². The van der Waals surface area contributed by atoms with Crippen molar-refractivity contribution in [1.29, 1.82) is 0 Å². The van der Waals surface area contributed by atoms with Crippen LogP contribution < -0.4 is 0 Å². The number of hydrogen-bond acceptors (Lipinski definition) is 3. The summed E-state index contributed by atoms with van der Waals surface area (Å²) in [4.78, 5) is 24.0. The number of carbonyl (C=O) groups is 1. The van der Waals surface area contributed by atoms with E-state index in [-0.39, 0.29) is 10.8 Å². The lowest BCUT2D eigenvalue weighted by Crippen LogP contribution is -2.52. The Morgan fingerprint density at radius 3 is 2.56 bits per heavy atom. The molecule has 0 saturated carbocycles. The molecule has 0 atom stereocenters. The summed E-state index contributed by atoms with van der Waals surface area (Å²) < 4.78 is 0. The molecule has 4 rings (SSSR count). The first kappa shape index (κ1) is 9.33. The normalized spacial score (nSPS) is 38.9. The lowest BCUT2D eigenvalue weighted by Gasteiger charge is -2.42. The minimum absolute atomic E-state index is 0.0923. The highest BCUT2D eigenvalue weighted by Crippen LogP contribution is 2.47. The Bertz CT molecular complexity index is 487. The Hall–Kier alpha value is -1.91. The number of hydrogen-bond donors (Lipinski definition) is 0. The molecule has 0 fully saturated rings. The third kappa shape index (κ3) is 0.801. The van der Waals surface area contributed by atoms with Crippen molar-refractivity contribution in [3.63, 3.8) is 0 Å². The van der Waals surface area contributed by atoms with Gasteiger partial charge in [0.25, 0.3) is 5.54 Å². The fourth-order valence-electron chi connectivity index (χ4n) is 2.65. The third-order valence-electron chi connectivity index (χ3n) is 3.76. The van der Waals surface area contributed by atoms with Crippen molar-refractivity contribution in [3.8, 4) is 0 Å². The highest BCUT2D eigenvalue weighted by atomic mass is 16.6. The van der Waals surface area contributed by atoms with Crippen molar-refractivity contribution in [3.05, 3.63) is 46.1 Å². The molecule has 0 aromatic rings. The van der Waals surface area contributed by atoms with Crippen LogP contribution in [0, 0.1) is 10.1 Å². The fourth-order valence-corrected chi connectivity index (χ4v) is 2.65. The summed E-state index contributed by atoms with van der Waals surface area (Å²) in [6.07, 6.45) is 8.53. The molecule has 4 aliphatic rings. The van der Waals surface area contributed by atoms with Crippen LogP contribution >= 0.6 is 0 Å². The summed E-state index contributed by atoms with van der Waals surface area (Å²) in [5.41, 5.74) is -0.852. The van der Waals surface area contributed by atoms with E-state index in [1.54, 1.807) is 36.3 Å². The molecule has 16 heavy (non-hydrogen) atoms. The molecule has 0 unspecified atom stereocenters. The van der Waals surface area contributed by atoms with Crippen LogP contribution in [-0.2, 0) is 4.79 Å². The molecule has 0 saturated heterocycles. The van der Waals surface area contributed by atoms with Gasteiger partial charge in [-0.15, -0.1) is 0 Å². The van der Waals surface area contributed by atoms with Gasteiger partial charge < -0.3 is 4.90 Å². The highest BCUT2D eigenvalue weighted by molar-refractivity contribution is 5.94. The summed E-state index contributed by atoms with van der Waals surface area (Å²) in [5.74, 6) is -0.0923. The highest BCUT2D eigenvalue weighted by Gasteiger charge is 2.56. The van der Waals surface area contributed by atoms with E-state index < -0.39 is 11.1 Å². The molecular weight excluding hydrogens is 208 g/mol. The molecule has 1 heterocycles. The minimum Gasteiger partial charge on any atom is -0.326 e. The van der Waals surface area contributed by atoms with Crippen molar-refractivity contribution < 1.29 is 9.72 Å². The second kappa shape index (κ2) is 2.42. The number of likely N-dealkylation sites (N-methyl/N-ethyl adjacent to an activating group) is 1. The van der Waals surface area contributed by atoms with E-state index in [1.807, 2.05) is 0 Å². The number of nitrogens with zero attached hydrogens (tertiary/aromatic N) is 2. The van der Waals surface area contributed by atoms with Gasteiger partial charge in [-0.05, 0) is 29.9 Å². The predicted molar refractivity (Wildman–Crippen MR) is 56.2 cm³/mol. The monoisotopic (exact) mass is 218 g/mol. The van der Waals surface area contributed by atoms with Crippen LogP contribution in [0.5, 0.6) is 0 Å². The fraction of sp³-hybridized carbons (Fsp3) is 0.364. The van der Waals surface area contributed by atoms with Crippen LogP contribution in [0.15, 0.2) is 36.0 Å². The molecule has 5 nitrogen and oxygen atoms in total. The zero-order valence-electron chi connectivity index (χ0n) is 8.71. The largest absolute Gasteiger partial charge is 0.326 e. The lowest BCUT2D eigenvalue weighted by atomic mass is 9.69. The van der Waals surface area contributed by atoms with Crippen LogP contribution in [0.1, 0.15) is 6.42 Å². The molecule has 2 bridgehead atoms. The Kier molecular flexibility index (Phi) is 1.41. The molecule has 82 valence electrons. The number of amides is 1. The summed E-state index contributed by atoms with van der Waals surface area (Å²) in [6, 6.07) is 0. The van der Waals surface area contributed by atoms with Gasteiger partial charge in [0.2, 0.25) is 5.91 Å². The van der Waals surface area contributed by atoms with Crippen LogP contribution in [0.4, 0.5) is 0 Å². The summed E-state index contributed by atoms with van der Waals surface area (Å²) in [5, 5.41) is 11.1. The summed E-state index contributed by atoms with van der Waals surface area (Å²) in [6.45, 7) is 0. The first-order valence-corrected chi connectivity index (χ1v) is 5.04. The van der Waals surface area contributed by atoms with E-state index in [1.165, 1.54) is 6.08 Å². The summed E-state index contributed by atoms with van der Waals surface area (Å²) >= 11 is 0. The van der Waals surface area contributed by atoms with Crippen LogP contribution in [-0.4, -0.2) is 33.9 Å². The standard InChI is InChI=1S/C11H10N2O3/c1-12-9(14)6-8-7-10(13(15)16)2-4-11(8,12)5-3-10/h2-6H,7H2,1H3. The molecular formula is C11H10N2O3. The predicted octanol–water partition coefficient (Wildman–Crippen LogP) is 0.669. The van der Waals surface area contributed by atoms with E-state index in [9.17, 15) is 14.9 Å². The molecule has 1 spiro atoms. The van der Waals surface area contributed by atoms with Gasteiger partial charge in [0.05, 0.1) is 6.42 Å². The van der Waals surface area contributed by atoms with Gasteiger partial charge in [0, 0.05) is 18.0 Å². The van der Waals surface area contributed by atoms with Gasteiger partial charge in [0.15, 0.2) is 0 Å². The summed E-state index contributed by atoms with van der Waals surface area (Å²) in [7, 11) is 1.71. The van der Waals surface area contributed by atoms with Crippen molar-refractivity contribution in [2.45, 2.75) is 17.5 Å². The van der Waals surface area contributed by atoms with Crippen LogP contribution in [0.3, 0.4) is 0 Å². The van der Waals surface area contributed by atoms with Gasteiger partial charge in [-0.25, -0.2) is 0 Å². The topological polar surface area (TPSA) is 63.5 Å². The SMILES string of the molecule is CN1C(=O)C=C2CC3([N+](=O)[O-])C=CC21C=C3. The minimum atomic E-state index is -1.14. The molecule has 5 heteroatoms. The molecule has 0 aromatic carbocycles. The van der Waals surface area contributed by atoms with Gasteiger partial charge >= 0.3 is 0 Å². The molecule has 3 aliphatic carbocycles. The Morgan fingerprint density at radius 2 is 2.00 bits per heavy atom. The van der Waals surface area contributed by atoms with E-state index in [4.69, 9.17) is 0 Å². The maximum atomic E-state index is 11.6. The average molecular weight is 218 g/mol. The molecule has 1 aliphatic heterocycles. The van der Waals surface area contributed by atoms with Gasteiger partial charge in [-0.1, -0.05) is 0 Å². The second-order valence-electron chi connectivity index (χ2n) is 4.48. The quantitative estimate of drug-likeness (QED) is 0.369. The molecule has 0 N–H and O–H groups in total. The average Bonchev–Trinajstić information content (AvgIpc) is 2.52. The lowest BCUT2D eigenvalue weighted by molar-refractivity contribution is -0.541. The van der Waals surface area contributed by atoms with E-state index in [0.29, 0.717) is 6.42 Å². The van der Waals surface area contributed by atoms with Gasteiger partial charge in [0.1, 0.15) is 5.54 Å². The Balaban J connectivity index is 2.18. The second-order valence-corrected chi connectivity index (χ2v) is 4.48. The van der Waals surface area contributed by atoms with E-state index >= 15 is 0 Å². The number of nitro groups is 1. The van der Waals surface area contributed by atoms with Gasteiger partial charge in [-0.2, -0.15) is 0 Å². The maximum Gasteiger partial charge on any atom is 0.262 e. The first-order chi connectivity index (χ1) is 7.50. The van der Waals surface area contributed by atoms with Crippen molar-refractivity contribution in [2.24, 2.45) is 0 Å². The third-order valence-corrected chi connectivity index (χ3v) is 3.76. The molecule has 0 radical (unpaired) electrons. The number of carbonyl (C=O) groups excluding carboxylic acids is 1. The number of rotatable bonds is 1. The Morgan fingerprint density at radius 1 is 1.38 bits per heavy atom. The van der Waals surface area contributed by atoms with Gasteiger partial charge in [-0.3, -0.25) is 14.9 Å². The molecule has 1 amide bonds. The maximum absolute atomic E-state index is 11.6. The van der Waals surface area contributed by atoms with Crippen molar-refractivity contribution >= 4 is 5.91 Å². The first-order valence-electron chi connectivity index (χ1n) is 5.04. The molecule has 0 aromatic heterocycles. The van der Waals surface area contributed by atoms with E-state index in [2.05, 4.69) is 0 Å². The zero-order chi connectivity index (χ0) is 11.6. The van der Waals surface area contributed by atoms with Crippen LogP contribution in [0.2, 0.25) is 0 Å². The van der Waals surface area contributed by atoms with Crippen molar-refractivity contribution in [1.82, 2.24) is 4.90 Å². The smallest absolute Gasteiger partial charge is 0.262 e. The zero-order valence-corrected chi connectivity index (χ0v) is 8.71. The van der Waals surface area contributed by atoms with Crippen molar-refractivity contribution in [2.75, 3.05) is 7.05 Å².